The highest BCUT2D eigenvalue weighted by molar-refractivity contribution is 5.73. The van der Waals surface area contributed by atoms with Gasteiger partial charge in [-0.05, 0) is 13.3 Å². The molecule has 2 nitrogen and oxygen atoms in total. The molecule has 1 aliphatic heterocycles. The van der Waals surface area contributed by atoms with E-state index in [0.717, 1.165) is 0 Å². The molecule has 0 bridgehead atoms. The molecule has 1 saturated heterocycles. The summed E-state index contributed by atoms with van der Waals surface area (Å²) >= 11 is 0. The zero-order valence-electron chi connectivity index (χ0n) is 6.30. The molecule has 0 radical (unpaired) electrons. The molecule has 0 spiro atoms. The van der Waals surface area contributed by atoms with Gasteiger partial charge in [0.05, 0.1) is 6.04 Å². The van der Waals surface area contributed by atoms with Gasteiger partial charge >= 0.3 is 0 Å². The van der Waals surface area contributed by atoms with Crippen LogP contribution >= 0.6 is 0 Å². The van der Waals surface area contributed by atoms with Gasteiger partial charge in [-0.15, -0.1) is 0 Å². The van der Waals surface area contributed by atoms with Crippen LogP contribution in [0.5, 0.6) is 0 Å². The maximum Gasteiger partial charge on any atom is 0.219 e. The lowest BCUT2D eigenvalue weighted by molar-refractivity contribution is -0.129. The van der Waals surface area contributed by atoms with Crippen LogP contribution in [0.1, 0.15) is 20.3 Å². The first-order chi connectivity index (χ1) is 4.63. The summed E-state index contributed by atoms with van der Waals surface area (Å²) in [6.07, 6.45) is -0.315. The fraction of sp³-hybridized carbons (Fsp3) is 0.857. The molecular formula is C7H12FNO. The molecule has 1 amide bonds. The second-order valence-corrected chi connectivity index (χ2v) is 2.76. The lowest BCUT2D eigenvalue weighted by atomic mass is 10.2. The van der Waals surface area contributed by atoms with Crippen LogP contribution in [0.15, 0.2) is 0 Å². The predicted molar refractivity (Wildman–Crippen MR) is 36.4 cm³/mol. The number of rotatable bonds is 0. The van der Waals surface area contributed by atoms with Crippen molar-refractivity contribution in [2.45, 2.75) is 32.5 Å². The molecule has 0 aliphatic carbocycles. The van der Waals surface area contributed by atoms with Crippen molar-refractivity contribution in [1.29, 1.82) is 0 Å². The average Bonchev–Trinajstić information content (AvgIpc) is 2.14. The van der Waals surface area contributed by atoms with Crippen molar-refractivity contribution < 1.29 is 9.18 Å². The summed E-state index contributed by atoms with van der Waals surface area (Å²) in [6.45, 7) is 3.81. The molecule has 10 heavy (non-hydrogen) atoms. The van der Waals surface area contributed by atoms with Crippen molar-refractivity contribution in [1.82, 2.24) is 4.90 Å². The highest BCUT2D eigenvalue weighted by atomic mass is 19.1. The summed E-state index contributed by atoms with van der Waals surface area (Å²) in [7, 11) is 0. The Kier molecular flexibility index (Phi) is 1.92. The second-order valence-electron chi connectivity index (χ2n) is 2.76. The van der Waals surface area contributed by atoms with Crippen LogP contribution in [0.25, 0.3) is 0 Å². The van der Waals surface area contributed by atoms with E-state index in [1.165, 1.54) is 6.92 Å². The topological polar surface area (TPSA) is 20.3 Å². The Morgan fingerprint density at radius 3 is 2.50 bits per heavy atom. The number of hydrogen-bond acceptors (Lipinski definition) is 1. The van der Waals surface area contributed by atoms with Crippen LogP contribution in [-0.2, 0) is 4.79 Å². The molecule has 0 aromatic heterocycles. The number of likely N-dealkylation sites (tertiary alicyclic amines) is 1. The van der Waals surface area contributed by atoms with E-state index in [0.29, 0.717) is 13.0 Å². The SMILES string of the molecule is CC(=O)N1CC[C@H](F)[C@@H]1C. The number of nitrogens with zero attached hydrogens (tertiary/aromatic N) is 1. The van der Waals surface area contributed by atoms with Gasteiger partial charge in [0.25, 0.3) is 0 Å². The van der Waals surface area contributed by atoms with Gasteiger partial charge in [-0.25, -0.2) is 4.39 Å². The summed E-state index contributed by atoms with van der Waals surface area (Å²) < 4.78 is 12.7. The minimum absolute atomic E-state index is 0.0207. The van der Waals surface area contributed by atoms with Crippen LogP contribution in [0.2, 0.25) is 0 Å². The monoisotopic (exact) mass is 145 g/mol. The fourth-order valence-corrected chi connectivity index (χ4v) is 1.35. The maximum atomic E-state index is 12.7. The van der Waals surface area contributed by atoms with Crippen LogP contribution < -0.4 is 0 Å². The highest BCUT2D eigenvalue weighted by Crippen LogP contribution is 2.19. The third-order valence-electron chi connectivity index (χ3n) is 2.07. The molecule has 0 saturated carbocycles. The van der Waals surface area contributed by atoms with E-state index >= 15 is 0 Å². The number of carbonyl (C=O) groups excluding carboxylic acids is 1. The van der Waals surface area contributed by atoms with E-state index in [1.54, 1.807) is 11.8 Å². The zero-order valence-corrected chi connectivity index (χ0v) is 6.30. The molecule has 0 aromatic rings. The zero-order chi connectivity index (χ0) is 7.72. The van der Waals surface area contributed by atoms with Crippen LogP contribution in [0.4, 0.5) is 4.39 Å². The molecule has 1 rings (SSSR count). The fourth-order valence-electron chi connectivity index (χ4n) is 1.35. The van der Waals surface area contributed by atoms with Gasteiger partial charge in [-0.2, -0.15) is 0 Å². The Morgan fingerprint density at radius 2 is 2.30 bits per heavy atom. The molecule has 1 fully saturated rings. The minimum Gasteiger partial charge on any atom is -0.337 e. The number of halogens is 1. The Bertz CT molecular complexity index is 149. The van der Waals surface area contributed by atoms with Gasteiger partial charge in [0.15, 0.2) is 0 Å². The van der Waals surface area contributed by atoms with Crippen LogP contribution in [-0.4, -0.2) is 29.6 Å². The lowest BCUT2D eigenvalue weighted by Gasteiger charge is -2.19. The van der Waals surface area contributed by atoms with E-state index in [-0.39, 0.29) is 11.9 Å². The van der Waals surface area contributed by atoms with Crippen molar-refractivity contribution >= 4 is 5.91 Å². The van der Waals surface area contributed by atoms with E-state index in [1.807, 2.05) is 0 Å². The molecule has 3 heteroatoms. The molecule has 0 unspecified atom stereocenters. The van der Waals surface area contributed by atoms with Gasteiger partial charge in [0.2, 0.25) is 5.91 Å². The Balaban J connectivity index is 2.57. The average molecular weight is 145 g/mol. The van der Waals surface area contributed by atoms with E-state index in [2.05, 4.69) is 0 Å². The second kappa shape index (κ2) is 2.56. The first-order valence-corrected chi connectivity index (χ1v) is 3.54. The van der Waals surface area contributed by atoms with Crippen molar-refractivity contribution in [3.8, 4) is 0 Å². The van der Waals surface area contributed by atoms with Gasteiger partial charge in [0, 0.05) is 13.5 Å². The summed E-state index contributed by atoms with van der Waals surface area (Å²) in [6, 6.07) is -0.211. The molecule has 58 valence electrons. The summed E-state index contributed by atoms with van der Waals surface area (Å²) in [5.41, 5.74) is 0. The van der Waals surface area contributed by atoms with Crippen molar-refractivity contribution in [3.05, 3.63) is 0 Å². The van der Waals surface area contributed by atoms with Crippen molar-refractivity contribution in [3.63, 3.8) is 0 Å². The standard InChI is InChI=1S/C7H12FNO/c1-5-7(8)3-4-9(5)6(2)10/h5,7H,3-4H2,1-2H3/t5-,7-/m0/s1. The van der Waals surface area contributed by atoms with Gasteiger partial charge in [0.1, 0.15) is 6.17 Å². The lowest BCUT2D eigenvalue weighted by Crippen LogP contribution is -2.34. The summed E-state index contributed by atoms with van der Waals surface area (Å²) in [4.78, 5) is 12.3. The van der Waals surface area contributed by atoms with E-state index in [4.69, 9.17) is 0 Å². The largest absolute Gasteiger partial charge is 0.337 e. The number of carbonyl (C=O) groups is 1. The van der Waals surface area contributed by atoms with E-state index in [9.17, 15) is 9.18 Å². The number of amides is 1. The third-order valence-corrected chi connectivity index (χ3v) is 2.07. The van der Waals surface area contributed by atoms with Gasteiger partial charge < -0.3 is 4.90 Å². The smallest absolute Gasteiger partial charge is 0.219 e. The third kappa shape index (κ3) is 1.13. The Hall–Kier alpha value is -0.600. The number of hydrogen-bond donors (Lipinski definition) is 0. The summed E-state index contributed by atoms with van der Waals surface area (Å²) in [5.74, 6) is -0.0207. The Labute approximate surface area is 60.0 Å². The molecule has 2 atom stereocenters. The number of alkyl halides is 1. The predicted octanol–water partition coefficient (Wildman–Crippen LogP) is 0.965. The van der Waals surface area contributed by atoms with E-state index < -0.39 is 6.17 Å². The Morgan fingerprint density at radius 1 is 1.70 bits per heavy atom. The highest BCUT2D eigenvalue weighted by Gasteiger charge is 2.31. The normalized spacial score (nSPS) is 32.9. The molecule has 1 aliphatic rings. The quantitative estimate of drug-likeness (QED) is 0.497. The molecule has 0 aromatic carbocycles. The minimum atomic E-state index is -0.816. The van der Waals surface area contributed by atoms with Crippen molar-refractivity contribution in [2.24, 2.45) is 0 Å². The molecule has 1 heterocycles. The van der Waals surface area contributed by atoms with Crippen molar-refractivity contribution in [2.75, 3.05) is 6.54 Å². The molecular weight excluding hydrogens is 133 g/mol. The first-order valence-electron chi connectivity index (χ1n) is 3.54. The maximum absolute atomic E-state index is 12.7. The first kappa shape index (κ1) is 7.51. The van der Waals surface area contributed by atoms with Crippen LogP contribution in [0, 0.1) is 0 Å². The summed E-state index contributed by atoms with van der Waals surface area (Å²) in [5, 5.41) is 0. The van der Waals surface area contributed by atoms with Gasteiger partial charge in [-0.1, -0.05) is 0 Å². The van der Waals surface area contributed by atoms with Crippen LogP contribution in [0.3, 0.4) is 0 Å². The van der Waals surface area contributed by atoms with Gasteiger partial charge in [-0.3, -0.25) is 4.79 Å². The molecule has 0 N–H and O–H groups in total.